The predicted octanol–water partition coefficient (Wildman–Crippen LogP) is 4.04. The van der Waals surface area contributed by atoms with Crippen LogP contribution >= 0.6 is 0 Å². The first-order valence-electron chi connectivity index (χ1n) is 9.80. The second-order valence-electron chi connectivity index (χ2n) is 7.81. The van der Waals surface area contributed by atoms with E-state index in [-0.39, 0.29) is 13.0 Å². The summed E-state index contributed by atoms with van der Waals surface area (Å²) in [5.74, 6) is -0.609. The van der Waals surface area contributed by atoms with Gasteiger partial charge in [0.05, 0.1) is 7.11 Å². The van der Waals surface area contributed by atoms with Crippen molar-refractivity contribution in [3.05, 3.63) is 65.7 Å². The zero-order valence-electron chi connectivity index (χ0n) is 18.1. The lowest BCUT2D eigenvalue weighted by atomic mass is 10.1. The first kappa shape index (κ1) is 23.7. The molecule has 31 heavy (non-hydrogen) atoms. The summed E-state index contributed by atoms with van der Waals surface area (Å²) >= 11 is 0. The van der Waals surface area contributed by atoms with Gasteiger partial charge in [-0.05, 0) is 44.0 Å². The Bertz CT molecular complexity index is 892. The van der Waals surface area contributed by atoms with Crippen molar-refractivity contribution < 1.29 is 28.6 Å². The fraction of sp³-hybridized carbons (Fsp3) is 0.348. The van der Waals surface area contributed by atoms with Crippen LogP contribution in [0.15, 0.2) is 54.6 Å². The van der Waals surface area contributed by atoms with Crippen LogP contribution in [-0.2, 0) is 32.0 Å². The number of hydrogen-bond acceptors (Lipinski definition) is 6. The molecular weight excluding hydrogens is 400 g/mol. The van der Waals surface area contributed by atoms with Crippen LogP contribution in [0.5, 0.6) is 0 Å². The van der Waals surface area contributed by atoms with Crippen molar-refractivity contribution in [2.75, 3.05) is 12.4 Å². The van der Waals surface area contributed by atoms with E-state index in [4.69, 9.17) is 14.2 Å². The van der Waals surface area contributed by atoms with E-state index in [0.717, 1.165) is 5.56 Å². The van der Waals surface area contributed by atoms with Gasteiger partial charge in [0.1, 0.15) is 18.2 Å². The first-order valence-corrected chi connectivity index (χ1v) is 9.80. The highest BCUT2D eigenvalue weighted by Gasteiger charge is 2.23. The highest BCUT2D eigenvalue weighted by atomic mass is 16.6. The molecule has 0 fully saturated rings. The molecule has 0 aliphatic carbocycles. The normalized spacial score (nSPS) is 11.7. The molecule has 0 spiro atoms. The van der Waals surface area contributed by atoms with Gasteiger partial charge in [-0.2, -0.15) is 0 Å². The predicted molar refractivity (Wildman–Crippen MR) is 116 cm³/mol. The third kappa shape index (κ3) is 8.77. The van der Waals surface area contributed by atoms with Gasteiger partial charge in [-0.3, -0.25) is 5.32 Å². The molecule has 2 N–H and O–H groups in total. The number of nitrogens with one attached hydrogen (secondary N) is 2. The number of alkyl carbamates (subject to hydrolysis) is 1. The zero-order valence-corrected chi connectivity index (χ0v) is 18.1. The first-order chi connectivity index (χ1) is 14.7. The molecule has 2 aromatic carbocycles. The second-order valence-corrected chi connectivity index (χ2v) is 7.81. The summed E-state index contributed by atoms with van der Waals surface area (Å²) in [7, 11) is 1.24. The lowest BCUT2D eigenvalue weighted by molar-refractivity contribution is -0.143. The maximum Gasteiger partial charge on any atom is 0.412 e. The van der Waals surface area contributed by atoms with Crippen molar-refractivity contribution in [1.29, 1.82) is 0 Å². The molecule has 2 amide bonds. The number of rotatable bonds is 7. The van der Waals surface area contributed by atoms with Crippen molar-refractivity contribution in [3.8, 4) is 0 Å². The van der Waals surface area contributed by atoms with Crippen molar-refractivity contribution >= 4 is 23.8 Å². The Labute approximate surface area is 181 Å². The lowest BCUT2D eigenvalue weighted by Gasteiger charge is -2.20. The lowest BCUT2D eigenvalue weighted by Crippen LogP contribution is -2.43. The summed E-state index contributed by atoms with van der Waals surface area (Å²) in [6.07, 6.45) is -1.17. The molecule has 166 valence electrons. The fourth-order valence-electron chi connectivity index (χ4n) is 2.68. The van der Waals surface area contributed by atoms with E-state index in [1.165, 1.54) is 7.11 Å². The van der Waals surface area contributed by atoms with Crippen LogP contribution in [0.25, 0.3) is 0 Å². The Morgan fingerprint density at radius 1 is 0.935 bits per heavy atom. The molecule has 2 aromatic rings. The van der Waals surface area contributed by atoms with Gasteiger partial charge >= 0.3 is 18.2 Å². The van der Waals surface area contributed by atoms with Crippen LogP contribution < -0.4 is 10.6 Å². The molecule has 0 bridgehead atoms. The largest absolute Gasteiger partial charge is 0.467 e. The highest BCUT2D eigenvalue weighted by molar-refractivity contribution is 5.85. The molecule has 0 saturated heterocycles. The van der Waals surface area contributed by atoms with Crippen LogP contribution in [0.4, 0.5) is 15.3 Å². The number of amides is 2. The van der Waals surface area contributed by atoms with Crippen molar-refractivity contribution in [1.82, 2.24) is 5.32 Å². The molecule has 0 aromatic heterocycles. The number of esters is 1. The summed E-state index contributed by atoms with van der Waals surface area (Å²) in [5, 5.41) is 5.18. The SMILES string of the molecule is COC(=O)[C@H](Cc1cccc(NC(=O)OC(C)(C)C)c1)NC(=O)OCc1ccccc1. The van der Waals surface area contributed by atoms with E-state index in [2.05, 4.69) is 10.6 Å². The van der Waals surface area contributed by atoms with Gasteiger partial charge in [0.15, 0.2) is 0 Å². The van der Waals surface area contributed by atoms with Crippen LogP contribution in [-0.4, -0.2) is 36.9 Å². The second kappa shape index (κ2) is 11.0. The van der Waals surface area contributed by atoms with E-state index in [0.29, 0.717) is 11.3 Å². The molecular formula is C23H28N2O6. The molecule has 0 aliphatic heterocycles. The molecule has 0 radical (unpaired) electrons. The van der Waals surface area contributed by atoms with Crippen LogP contribution in [0.2, 0.25) is 0 Å². The molecule has 0 unspecified atom stereocenters. The summed E-state index contributed by atoms with van der Waals surface area (Å²) in [5.41, 5.74) is 1.41. The molecule has 0 heterocycles. The van der Waals surface area contributed by atoms with E-state index >= 15 is 0 Å². The minimum Gasteiger partial charge on any atom is -0.467 e. The number of methoxy groups -OCH3 is 1. The van der Waals surface area contributed by atoms with E-state index in [1.54, 1.807) is 45.0 Å². The molecule has 2 rings (SSSR count). The molecule has 8 nitrogen and oxygen atoms in total. The monoisotopic (exact) mass is 428 g/mol. The third-order valence-electron chi connectivity index (χ3n) is 4.00. The van der Waals surface area contributed by atoms with Crippen LogP contribution in [0.1, 0.15) is 31.9 Å². The quantitative estimate of drug-likeness (QED) is 0.510. The average molecular weight is 428 g/mol. The van der Waals surface area contributed by atoms with Crippen molar-refractivity contribution in [2.24, 2.45) is 0 Å². The van der Waals surface area contributed by atoms with Crippen molar-refractivity contribution in [3.63, 3.8) is 0 Å². The number of hydrogen-bond donors (Lipinski definition) is 2. The molecule has 0 saturated carbocycles. The van der Waals surface area contributed by atoms with Crippen LogP contribution in [0.3, 0.4) is 0 Å². The highest BCUT2D eigenvalue weighted by Crippen LogP contribution is 2.15. The topological polar surface area (TPSA) is 103 Å². The van der Waals surface area contributed by atoms with Gasteiger partial charge < -0.3 is 19.5 Å². The van der Waals surface area contributed by atoms with Gasteiger partial charge in [0.2, 0.25) is 0 Å². The Balaban J connectivity index is 1.99. The molecule has 8 heteroatoms. The Morgan fingerprint density at radius 2 is 1.61 bits per heavy atom. The zero-order chi connectivity index (χ0) is 22.9. The number of carbonyl (C=O) groups is 3. The maximum atomic E-state index is 12.2. The Morgan fingerprint density at radius 3 is 2.26 bits per heavy atom. The summed E-state index contributed by atoms with van der Waals surface area (Å²) in [4.78, 5) is 36.3. The van der Waals surface area contributed by atoms with E-state index in [1.807, 2.05) is 30.3 Å². The summed E-state index contributed by atoms with van der Waals surface area (Å²) in [6, 6.07) is 15.1. The van der Waals surface area contributed by atoms with Crippen molar-refractivity contribution in [2.45, 2.75) is 45.4 Å². The Kier molecular flexibility index (Phi) is 8.43. The summed E-state index contributed by atoms with van der Waals surface area (Å²) < 4.78 is 15.2. The minimum absolute atomic E-state index is 0.0792. The van der Waals surface area contributed by atoms with Gasteiger partial charge in [-0.15, -0.1) is 0 Å². The third-order valence-corrected chi connectivity index (χ3v) is 4.00. The molecule has 1 atom stereocenters. The van der Waals surface area contributed by atoms with Gasteiger partial charge in [-0.25, -0.2) is 14.4 Å². The standard InChI is InChI=1S/C23H28N2O6/c1-23(2,3)31-22(28)24-18-12-8-11-17(13-18)14-19(20(26)29-4)25-21(27)30-15-16-9-6-5-7-10-16/h5-13,19H,14-15H2,1-4H3,(H,24,28)(H,25,27)/t19-/m0/s1. The number of ether oxygens (including phenoxy) is 3. The average Bonchev–Trinajstić information content (AvgIpc) is 2.70. The number of carbonyl (C=O) groups excluding carboxylic acids is 3. The smallest absolute Gasteiger partial charge is 0.412 e. The van der Waals surface area contributed by atoms with Gasteiger partial charge in [0, 0.05) is 12.1 Å². The van der Waals surface area contributed by atoms with E-state index < -0.39 is 29.8 Å². The van der Waals surface area contributed by atoms with Gasteiger partial charge in [0.25, 0.3) is 0 Å². The number of benzene rings is 2. The number of anilines is 1. The maximum absolute atomic E-state index is 12.2. The Hall–Kier alpha value is -3.55. The molecule has 0 aliphatic rings. The van der Waals surface area contributed by atoms with E-state index in [9.17, 15) is 14.4 Å². The fourth-order valence-corrected chi connectivity index (χ4v) is 2.68. The summed E-state index contributed by atoms with van der Waals surface area (Å²) in [6.45, 7) is 5.39. The van der Waals surface area contributed by atoms with Crippen LogP contribution in [0, 0.1) is 0 Å². The minimum atomic E-state index is -0.954. The van der Waals surface area contributed by atoms with Gasteiger partial charge in [-0.1, -0.05) is 42.5 Å².